The second kappa shape index (κ2) is 3.93. The van der Waals surface area contributed by atoms with E-state index in [1.165, 1.54) is 0 Å². The molecule has 0 amide bonds. The molecule has 4 nitrogen and oxygen atoms in total. The lowest BCUT2D eigenvalue weighted by Gasteiger charge is -2.48. The summed E-state index contributed by atoms with van der Waals surface area (Å²) in [7, 11) is 0. The van der Waals surface area contributed by atoms with E-state index in [9.17, 15) is 10.4 Å². The zero-order valence-electron chi connectivity index (χ0n) is 11.7. The number of ether oxygens (including phenoxy) is 2. The molecule has 2 aliphatic heterocycles. The van der Waals surface area contributed by atoms with Gasteiger partial charge in [0.1, 0.15) is 11.0 Å². The van der Waals surface area contributed by atoms with Crippen molar-refractivity contribution >= 4 is 0 Å². The topological polar surface area (TPSA) is 62.5 Å². The highest BCUT2D eigenvalue weighted by molar-refractivity contribution is 5.22. The van der Waals surface area contributed by atoms with Gasteiger partial charge in [-0.15, -0.1) is 0 Å². The zero-order chi connectivity index (χ0) is 13.7. The van der Waals surface area contributed by atoms with Gasteiger partial charge in [-0.2, -0.15) is 5.26 Å². The van der Waals surface area contributed by atoms with Crippen molar-refractivity contribution in [3.8, 4) is 6.07 Å². The van der Waals surface area contributed by atoms with Gasteiger partial charge in [0.2, 0.25) is 0 Å². The molecule has 1 N–H and O–H groups in total. The van der Waals surface area contributed by atoms with Gasteiger partial charge in [-0.25, -0.2) is 0 Å². The maximum atomic E-state index is 11.2. The number of nitrogens with zero attached hydrogens (tertiary/aromatic N) is 1. The molecule has 0 bridgehead atoms. The molecule has 102 valence electrons. The van der Waals surface area contributed by atoms with Gasteiger partial charge >= 0.3 is 0 Å². The summed E-state index contributed by atoms with van der Waals surface area (Å²) >= 11 is 0. The summed E-state index contributed by atoms with van der Waals surface area (Å²) in [5.74, 6) is 0. The van der Waals surface area contributed by atoms with Crippen LogP contribution >= 0.6 is 0 Å². The van der Waals surface area contributed by atoms with E-state index >= 15 is 0 Å². The van der Waals surface area contributed by atoms with Crippen molar-refractivity contribution in [2.45, 2.75) is 63.8 Å². The molecule has 0 aromatic heterocycles. The van der Waals surface area contributed by atoms with Crippen molar-refractivity contribution in [2.24, 2.45) is 5.41 Å². The average Bonchev–Trinajstić information content (AvgIpc) is 2.44. The fourth-order valence-electron chi connectivity index (χ4n) is 3.69. The van der Waals surface area contributed by atoms with Gasteiger partial charge in [0.25, 0.3) is 0 Å². The summed E-state index contributed by atoms with van der Waals surface area (Å²) < 4.78 is 11.5. The van der Waals surface area contributed by atoms with E-state index in [4.69, 9.17) is 9.47 Å². The van der Waals surface area contributed by atoms with Gasteiger partial charge in [0, 0.05) is 13.0 Å². The van der Waals surface area contributed by atoms with Crippen molar-refractivity contribution in [1.82, 2.24) is 0 Å². The van der Waals surface area contributed by atoms with Crippen LogP contribution in [-0.2, 0) is 9.47 Å². The first-order valence-electron chi connectivity index (χ1n) is 6.60. The molecule has 18 heavy (non-hydrogen) atoms. The normalized spacial score (nSPS) is 42.4. The van der Waals surface area contributed by atoms with Gasteiger partial charge < -0.3 is 14.6 Å². The lowest BCUT2D eigenvalue weighted by atomic mass is 9.61. The number of nitriles is 1. The van der Waals surface area contributed by atoms with Crippen molar-refractivity contribution in [1.29, 1.82) is 5.26 Å². The molecule has 2 aliphatic rings. The Kier molecular flexibility index (Phi) is 3.01. The van der Waals surface area contributed by atoms with E-state index in [2.05, 4.69) is 6.07 Å². The second-order valence-corrected chi connectivity index (χ2v) is 6.76. The molecular weight excluding hydrogens is 230 g/mol. The third-order valence-electron chi connectivity index (χ3n) is 4.46. The molecule has 4 heteroatoms. The van der Waals surface area contributed by atoms with Crippen molar-refractivity contribution in [3.05, 3.63) is 0 Å². The Morgan fingerprint density at radius 3 is 2.28 bits per heavy atom. The molecule has 0 aromatic carbocycles. The van der Waals surface area contributed by atoms with Gasteiger partial charge in [-0.05, 0) is 40.5 Å². The summed E-state index contributed by atoms with van der Waals surface area (Å²) in [6.07, 6.45) is 1.94. The first-order valence-corrected chi connectivity index (χ1v) is 6.60. The smallest absolute Gasteiger partial charge is 0.117 e. The van der Waals surface area contributed by atoms with Crippen LogP contribution < -0.4 is 0 Å². The number of aliphatic hydroxyl groups is 1. The zero-order valence-corrected chi connectivity index (χ0v) is 11.7. The van der Waals surface area contributed by atoms with E-state index in [0.717, 1.165) is 6.42 Å². The molecule has 2 saturated heterocycles. The predicted molar refractivity (Wildman–Crippen MR) is 66.9 cm³/mol. The maximum Gasteiger partial charge on any atom is 0.117 e. The Morgan fingerprint density at radius 1 is 1.22 bits per heavy atom. The molecule has 2 rings (SSSR count). The Labute approximate surface area is 109 Å². The molecule has 2 unspecified atom stereocenters. The minimum atomic E-state index is -1.17. The Balaban J connectivity index is 2.43. The monoisotopic (exact) mass is 253 g/mol. The van der Waals surface area contributed by atoms with E-state index in [1.54, 1.807) is 0 Å². The van der Waals surface area contributed by atoms with Crippen LogP contribution in [0.3, 0.4) is 0 Å². The molecule has 2 fully saturated rings. The molecule has 0 aromatic rings. The predicted octanol–water partition coefficient (Wildman–Crippen LogP) is 2.02. The first kappa shape index (κ1) is 13.8. The van der Waals surface area contributed by atoms with Crippen LogP contribution in [0, 0.1) is 16.7 Å². The first-order chi connectivity index (χ1) is 8.18. The summed E-state index contributed by atoms with van der Waals surface area (Å²) in [6.45, 7) is 8.63. The highest BCUT2D eigenvalue weighted by atomic mass is 16.6. The highest BCUT2D eigenvalue weighted by Crippen LogP contribution is 2.55. The molecule has 0 aliphatic carbocycles. The second-order valence-electron chi connectivity index (χ2n) is 6.76. The minimum Gasteiger partial charge on any atom is -0.385 e. The standard InChI is InChI=1S/C14H23NO3/c1-11(2)8-14(16,12(3,4)18-11)13(9-15)6-5-7-17-10-13/h16H,5-8,10H2,1-4H3. The van der Waals surface area contributed by atoms with Crippen molar-refractivity contribution in [3.63, 3.8) is 0 Å². The Hall–Kier alpha value is -0.630. The largest absolute Gasteiger partial charge is 0.385 e. The highest BCUT2D eigenvalue weighted by Gasteiger charge is 2.67. The molecule has 0 radical (unpaired) electrons. The van der Waals surface area contributed by atoms with E-state index in [1.807, 2.05) is 27.7 Å². The van der Waals surface area contributed by atoms with E-state index in [-0.39, 0.29) is 0 Å². The average molecular weight is 253 g/mol. The number of hydrogen-bond donors (Lipinski definition) is 1. The molecule has 2 atom stereocenters. The SMILES string of the molecule is CC1(C)CC(O)(C2(C#N)CCCOC2)C(C)(C)O1. The van der Waals surface area contributed by atoms with Crippen molar-refractivity contribution < 1.29 is 14.6 Å². The Morgan fingerprint density at radius 2 is 1.89 bits per heavy atom. The summed E-state index contributed by atoms with van der Waals surface area (Å²) in [5, 5.41) is 20.8. The minimum absolute atomic E-state index is 0.295. The van der Waals surface area contributed by atoms with Gasteiger partial charge in [-0.1, -0.05) is 0 Å². The van der Waals surface area contributed by atoms with Crippen LogP contribution in [0.2, 0.25) is 0 Å². The number of rotatable bonds is 1. The van der Waals surface area contributed by atoms with Gasteiger partial charge in [0.15, 0.2) is 0 Å². The van der Waals surface area contributed by atoms with Crippen LogP contribution in [0.5, 0.6) is 0 Å². The fraction of sp³-hybridized carbons (Fsp3) is 0.929. The fourth-order valence-corrected chi connectivity index (χ4v) is 3.69. The summed E-state index contributed by atoms with van der Waals surface area (Å²) in [4.78, 5) is 0. The molecule has 0 saturated carbocycles. The molecule has 0 spiro atoms. The van der Waals surface area contributed by atoms with E-state index in [0.29, 0.717) is 26.1 Å². The lowest BCUT2D eigenvalue weighted by molar-refractivity contribution is -0.188. The van der Waals surface area contributed by atoms with Crippen LogP contribution in [0.4, 0.5) is 0 Å². The third-order valence-corrected chi connectivity index (χ3v) is 4.46. The lowest BCUT2D eigenvalue weighted by Crippen LogP contribution is -2.61. The van der Waals surface area contributed by atoms with Crippen LogP contribution in [0.15, 0.2) is 0 Å². The van der Waals surface area contributed by atoms with Gasteiger partial charge in [0.05, 0.1) is 23.9 Å². The van der Waals surface area contributed by atoms with Crippen LogP contribution in [0.25, 0.3) is 0 Å². The molecular formula is C14H23NO3. The van der Waals surface area contributed by atoms with Crippen LogP contribution in [-0.4, -0.2) is 35.1 Å². The summed E-state index contributed by atoms with van der Waals surface area (Å²) in [5.41, 5.74) is -3.19. The van der Waals surface area contributed by atoms with E-state index < -0.39 is 22.2 Å². The number of hydrogen-bond acceptors (Lipinski definition) is 4. The van der Waals surface area contributed by atoms with Gasteiger partial charge in [-0.3, -0.25) is 0 Å². The van der Waals surface area contributed by atoms with Crippen molar-refractivity contribution in [2.75, 3.05) is 13.2 Å². The maximum absolute atomic E-state index is 11.2. The van der Waals surface area contributed by atoms with Crippen LogP contribution in [0.1, 0.15) is 47.0 Å². The quantitative estimate of drug-likeness (QED) is 0.776. The molecule has 2 heterocycles. The third kappa shape index (κ3) is 1.77. The Bertz CT molecular complexity index is 377. The summed E-state index contributed by atoms with van der Waals surface area (Å²) in [6, 6.07) is 2.34.